The Morgan fingerprint density at radius 1 is 1.35 bits per heavy atom. The van der Waals surface area contributed by atoms with E-state index in [-0.39, 0.29) is 16.3 Å². The van der Waals surface area contributed by atoms with Crippen LogP contribution in [0, 0.1) is 0 Å². The predicted molar refractivity (Wildman–Crippen MR) is 79.4 cm³/mol. The summed E-state index contributed by atoms with van der Waals surface area (Å²) >= 11 is 4.19. The van der Waals surface area contributed by atoms with Crippen molar-refractivity contribution >= 4 is 43.3 Å². The van der Waals surface area contributed by atoms with Crippen LogP contribution in [-0.4, -0.2) is 19.5 Å². The van der Waals surface area contributed by atoms with E-state index in [1.807, 2.05) is 6.07 Å². The van der Waals surface area contributed by atoms with Crippen LogP contribution in [0.2, 0.25) is 0 Å². The summed E-state index contributed by atoms with van der Waals surface area (Å²) in [5, 5.41) is 10.1. The van der Waals surface area contributed by atoms with E-state index in [1.165, 1.54) is 5.38 Å². The molecule has 0 saturated carbocycles. The minimum atomic E-state index is -3.69. The van der Waals surface area contributed by atoms with Gasteiger partial charge in [0.25, 0.3) is 0 Å². The Morgan fingerprint density at radius 2 is 2.10 bits per heavy atom. The monoisotopic (exact) mass is 375 g/mol. The molecule has 0 spiro atoms. The van der Waals surface area contributed by atoms with Gasteiger partial charge in [-0.3, -0.25) is 0 Å². The normalized spacial score (nSPS) is 11.4. The highest BCUT2D eigenvalue weighted by molar-refractivity contribution is 9.10. The van der Waals surface area contributed by atoms with Gasteiger partial charge in [-0.25, -0.2) is 17.9 Å². The molecular formula is C12H10BrNO4S2. The van der Waals surface area contributed by atoms with E-state index in [9.17, 15) is 13.2 Å². The minimum absolute atomic E-state index is 0.00935. The summed E-state index contributed by atoms with van der Waals surface area (Å²) in [4.78, 5) is 10.7. The van der Waals surface area contributed by atoms with Crippen molar-refractivity contribution < 1.29 is 18.3 Å². The van der Waals surface area contributed by atoms with Crippen LogP contribution >= 0.6 is 27.3 Å². The third-order valence-electron chi connectivity index (χ3n) is 2.44. The van der Waals surface area contributed by atoms with Crippen molar-refractivity contribution in [3.63, 3.8) is 0 Å². The lowest BCUT2D eigenvalue weighted by atomic mass is 10.2. The van der Waals surface area contributed by atoms with Gasteiger partial charge in [-0.2, -0.15) is 0 Å². The summed E-state index contributed by atoms with van der Waals surface area (Å²) in [6.45, 7) is 0.141. The molecule has 0 atom stereocenters. The number of halogens is 1. The molecule has 1 aromatic heterocycles. The average molecular weight is 376 g/mol. The molecule has 0 aliphatic heterocycles. The van der Waals surface area contributed by atoms with Gasteiger partial charge in [0, 0.05) is 16.4 Å². The van der Waals surface area contributed by atoms with E-state index >= 15 is 0 Å². The van der Waals surface area contributed by atoms with Crippen molar-refractivity contribution in [3.8, 4) is 0 Å². The first-order valence-corrected chi connectivity index (χ1v) is 8.60. The van der Waals surface area contributed by atoms with Crippen LogP contribution in [0.3, 0.4) is 0 Å². The zero-order chi connectivity index (χ0) is 14.8. The highest BCUT2D eigenvalue weighted by atomic mass is 79.9. The van der Waals surface area contributed by atoms with Crippen molar-refractivity contribution in [1.82, 2.24) is 4.72 Å². The van der Waals surface area contributed by atoms with Crippen LogP contribution in [0.15, 0.2) is 44.4 Å². The molecule has 2 aromatic rings. The van der Waals surface area contributed by atoms with Crippen molar-refractivity contribution in [2.24, 2.45) is 0 Å². The Kier molecular flexibility index (Phi) is 4.59. The molecule has 0 radical (unpaired) electrons. The summed E-state index contributed by atoms with van der Waals surface area (Å²) in [5.74, 6) is -1.14. The Bertz CT molecular complexity index is 739. The predicted octanol–water partition coefficient (Wildman–Crippen LogP) is 2.69. The Hall–Kier alpha value is -1.22. The van der Waals surface area contributed by atoms with Gasteiger partial charge >= 0.3 is 5.97 Å². The van der Waals surface area contributed by atoms with Crippen LogP contribution < -0.4 is 4.72 Å². The van der Waals surface area contributed by atoms with Crippen molar-refractivity contribution in [2.45, 2.75) is 10.8 Å². The summed E-state index contributed by atoms with van der Waals surface area (Å²) in [7, 11) is -3.69. The second-order valence-corrected chi connectivity index (χ2v) is 7.73. The zero-order valence-electron chi connectivity index (χ0n) is 10.0. The van der Waals surface area contributed by atoms with E-state index < -0.39 is 16.0 Å². The summed E-state index contributed by atoms with van der Waals surface area (Å²) < 4.78 is 27.3. The molecule has 8 heteroatoms. The van der Waals surface area contributed by atoms with Gasteiger partial charge in [-0.05, 0) is 23.8 Å². The molecule has 0 aliphatic rings. The molecule has 20 heavy (non-hydrogen) atoms. The summed E-state index contributed by atoms with van der Waals surface area (Å²) in [6, 6.07) is 8.40. The quantitative estimate of drug-likeness (QED) is 0.841. The van der Waals surface area contributed by atoms with Crippen molar-refractivity contribution in [2.75, 3.05) is 0 Å². The molecule has 2 N–H and O–H groups in total. The zero-order valence-corrected chi connectivity index (χ0v) is 13.3. The maximum atomic E-state index is 12.0. The molecule has 0 aliphatic carbocycles. The molecular weight excluding hydrogens is 366 g/mol. The molecule has 0 saturated heterocycles. The van der Waals surface area contributed by atoms with Crippen LogP contribution in [0.4, 0.5) is 0 Å². The lowest BCUT2D eigenvalue weighted by Gasteiger charge is -2.05. The third-order valence-corrected chi connectivity index (χ3v) is 5.78. The van der Waals surface area contributed by atoms with Crippen molar-refractivity contribution in [3.05, 3.63) is 51.3 Å². The molecule has 0 fully saturated rings. The molecule has 5 nitrogen and oxygen atoms in total. The Balaban J connectivity index is 2.12. The molecule has 1 heterocycles. The molecule has 0 amide bonds. The van der Waals surface area contributed by atoms with Gasteiger partial charge in [0.15, 0.2) is 0 Å². The van der Waals surface area contributed by atoms with Crippen LogP contribution in [0.5, 0.6) is 0 Å². The third kappa shape index (κ3) is 3.66. The first-order valence-electron chi connectivity index (χ1n) is 5.44. The van der Waals surface area contributed by atoms with E-state index in [1.54, 1.807) is 18.2 Å². The van der Waals surface area contributed by atoms with Crippen LogP contribution in [-0.2, 0) is 16.6 Å². The molecule has 0 bridgehead atoms. The number of hydrogen-bond donors (Lipinski definition) is 2. The van der Waals surface area contributed by atoms with E-state index in [4.69, 9.17) is 5.11 Å². The highest BCUT2D eigenvalue weighted by Gasteiger charge is 2.18. The largest absolute Gasteiger partial charge is 0.478 e. The molecule has 1 aromatic carbocycles. The lowest BCUT2D eigenvalue weighted by molar-refractivity contribution is 0.0697. The standard InChI is InChI=1S/C12H10BrNO4S2/c13-10-3-1-2-8(4-10)6-14-20(17,18)11-5-9(7-19-11)12(15)16/h1-5,7,14H,6H2,(H,15,16). The smallest absolute Gasteiger partial charge is 0.336 e. The number of thiophene rings is 1. The van der Waals surface area contributed by atoms with Crippen LogP contribution in [0.1, 0.15) is 15.9 Å². The van der Waals surface area contributed by atoms with Gasteiger partial charge in [0.2, 0.25) is 10.0 Å². The number of nitrogens with one attached hydrogen (secondary N) is 1. The topological polar surface area (TPSA) is 83.5 Å². The van der Waals surface area contributed by atoms with E-state index in [0.717, 1.165) is 27.4 Å². The summed E-state index contributed by atoms with van der Waals surface area (Å²) in [6.07, 6.45) is 0. The summed E-state index contributed by atoms with van der Waals surface area (Å²) in [5.41, 5.74) is 0.774. The maximum absolute atomic E-state index is 12.0. The fraction of sp³-hybridized carbons (Fsp3) is 0.0833. The second-order valence-electron chi connectivity index (χ2n) is 3.91. The number of hydrogen-bond acceptors (Lipinski definition) is 4. The minimum Gasteiger partial charge on any atom is -0.478 e. The Morgan fingerprint density at radius 3 is 2.70 bits per heavy atom. The SMILES string of the molecule is O=C(O)c1csc(S(=O)(=O)NCc2cccc(Br)c2)c1. The fourth-order valence-electron chi connectivity index (χ4n) is 1.47. The molecule has 0 unspecified atom stereocenters. The van der Waals surface area contributed by atoms with Gasteiger partial charge in [0.05, 0.1) is 5.56 Å². The van der Waals surface area contributed by atoms with Crippen molar-refractivity contribution in [1.29, 1.82) is 0 Å². The number of carbonyl (C=O) groups is 1. The average Bonchev–Trinajstić information content (AvgIpc) is 2.87. The number of sulfonamides is 1. The first-order chi connectivity index (χ1) is 9.38. The second kappa shape index (κ2) is 6.04. The molecule has 2 rings (SSSR count). The van der Waals surface area contributed by atoms with E-state index in [2.05, 4.69) is 20.7 Å². The van der Waals surface area contributed by atoms with Gasteiger partial charge in [0.1, 0.15) is 4.21 Å². The fourth-order valence-corrected chi connectivity index (χ4v) is 4.13. The number of aromatic carboxylic acids is 1. The van der Waals surface area contributed by atoms with Gasteiger partial charge < -0.3 is 5.11 Å². The van der Waals surface area contributed by atoms with Gasteiger partial charge in [-0.15, -0.1) is 11.3 Å². The lowest BCUT2D eigenvalue weighted by Crippen LogP contribution is -2.22. The first kappa shape index (κ1) is 15.2. The number of rotatable bonds is 5. The Labute approximate surface area is 128 Å². The maximum Gasteiger partial charge on any atom is 0.336 e. The van der Waals surface area contributed by atoms with E-state index in [0.29, 0.717) is 0 Å². The van der Waals surface area contributed by atoms with Crippen LogP contribution in [0.25, 0.3) is 0 Å². The number of benzene rings is 1. The highest BCUT2D eigenvalue weighted by Crippen LogP contribution is 2.20. The number of carboxylic acids is 1. The van der Waals surface area contributed by atoms with Gasteiger partial charge in [-0.1, -0.05) is 28.1 Å². The number of carboxylic acid groups (broad SMARTS) is 1. The molecule has 106 valence electrons.